The number of nitrogens with zero attached hydrogens (tertiary/aromatic N) is 1. The van der Waals surface area contributed by atoms with E-state index in [0.29, 0.717) is 19.6 Å². The molecule has 0 aromatic heterocycles. The quantitative estimate of drug-likeness (QED) is 0.870. The van der Waals surface area contributed by atoms with Crippen molar-refractivity contribution in [2.75, 3.05) is 27.2 Å². The van der Waals surface area contributed by atoms with Gasteiger partial charge in [0, 0.05) is 18.6 Å². The molecule has 0 aliphatic carbocycles. The maximum Gasteiger partial charge on any atom is 0.225 e. The van der Waals surface area contributed by atoms with Crippen molar-refractivity contribution in [1.82, 2.24) is 4.90 Å². The smallest absolute Gasteiger partial charge is 0.225 e. The normalized spacial score (nSPS) is 10.4. The molecule has 0 unspecified atom stereocenters. The molecule has 0 atom stereocenters. The molecule has 106 valence electrons. The molecule has 0 fully saturated rings. The molecule has 0 bridgehead atoms. The summed E-state index contributed by atoms with van der Waals surface area (Å²) >= 11 is 3.47. The topological polar surface area (TPSA) is 55.6 Å². The second-order valence-electron chi connectivity index (χ2n) is 4.64. The van der Waals surface area contributed by atoms with E-state index in [0.717, 1.165) is 27.8 Å². The highest BCUT2D eigenvalue weighted by Crippen LogP contribution is 2.28. The van der Waals surface area contributed by atoms with Crippen molar-refractivity contribution in [1.29, 1.82) is 0 Å². The van der Waals surface area contributed by atoms with Crippen molar-refractivity contribution in [3.05, 3.63) is 27.7 Å². The molecule has 19 heavy (non-hydrogen) atoms. The van der Waals surface area contributed by atoms with Crippen LogP contribution in [0.2, 0.25) is 0 Å². The molecule has 1 aromatic rings. The number of amides is 1. The van der Waals surface area contributed by atoms with Crippen molar-refractivity contribution < 1.29 is 9.53 Å². The summed E-state index contributed by atoms with van der Waals surface area (Å²) in [7, 11) is 3.49. The van der Waals surface area contributed by atoms with Crippen LogP contribution in [0.1, 0.15) is 17.5 Å². The van der Waals surface area contributed by atoms with Gasteiger partial charge in [0.2, 0.25) is 5.91 Å². The highest BCUT2D eigenvalue weighted by molar-refractivity contribution is 9.10. The van der Waals surface area contributed by atoms with Crippen LogP contribution in [-0.4, -0.2) is 38.1 Å². The molecule has 1 aromatic carbocycles. The molecule has 1 rings (SSSR count). The fourth-order valence-electron chi connectivity index (χ4n) is 1.81. The van der Waals surface area contributed by atoms with Crippen molar-refractivity contribution in [3.63, 3.8) is 0 Å². The van der Waals surface area contributed by atoms with E-state index in [1.165, 1.54) is 0 Å². The molecule has 1 amide bonds. The number of aryl methyl sites for hydroxylation is 1. The summed E-state index contributed by atoms with van der Waals surface area (Å²) in [5.74, 6) is 0.912. The van der Waals surface area contributed by atoms with Crippen LogP contribution in [0.5, 0.6) is 5.75 Å². The average molecular weight is 329 g/mol. The van der Waals surface area contributed by atoms with Crippen molar-refractivity contribution >= 4 is 21.8 Å². The van der Waals surface area contributed by atoms with Crippen LogP contribution in [0.25, 0.3) is 0 Å². The Labute approximate surface area is 123 Å². The zero-order valence-corrected chi connectivity index (χ0v) is 13.3. The molecular formula is C14H21BrN2O2. The van der Waals surface area contributed by atoms with Gasteiger partial charge in [-0.3, -0.25) is 4.79 Å². The fraction of sp³-hybridized carbons (Fsp3) is 0.500. The molecule has 0 radical (unpaired) electrons. The van der Waals surface area contributed by atoms with Gasteiger partial charge in [0.1, 0.15) is 5.75 Å². The Morgan fingerprint density at radius 3 is 2.68 bits per heavy atom. The van der Waals surface area contributed by atoms with E-state index in [2.05, 4.69) is 15.9 Å². The van der Waals surface area contributed by atoms with Gasteiger partial charge in [-0.25, -0.2) is 0 Å². The lowest BCUT2D eigenvalue weighted by molar-refractivity contribution is -0.129. The predicted molar refractivity (Wildman–Crippen MR) is 80.4 cm³/mol. The summed E-state index contributed by atoms with van der Waals surface area (Å²) in [5, 5.41) is 0. The van der Waals surface area contributed by atoms with E-state index in [1.807, 2.05) is 19.1 Å². The van der Waals surface area contributed by atoms with E-state index in [9.17, 15) is 4.79 Å². The van der Waals surface area contributed by atoms with E-state index < -0.39 is 0 Å². The summed E-state index contributed by atoms with van der Waals surface area (Å²) in [4.78, 5) is 13.1. The summed E-state index contributed by atoms with van der Waals surface area (Å²) in [5.41, 5.74) is 7.74. The maximum absolute atomic E-state index is 11.5. The zero-order chi connectivity index (χ0) is 14.4. The van der Waals surface area contributed by atoms with Gasteiger partial charge in [-0.1, -0.05) is 15.9 Å². The van der Waals surface area contributed by atoms with Gasteiger partial charge in [0.25, 0.3) is 0 Å². The lowest BCUT2D eigenvalue weighted by Gasteiger charge is -2.15. The molecule has 0 saturated heterocycles. The minimum absolute atomic E-state index is 0.0649. The first kappa shape index (κ1) is 16.0. The average Bonchev–Trinajstić information content (AvgIpc) is 2.32. The minimum Gasteiger partial charge on any atom is -0.492 e. The molecule has 0 saturated carbocycles. The molecule has 0 spiro atoms. The first-order chi connectivity index (χ1) is 8.95. The summed E-state index contributed by atoms with van der Waals surface area (Å²) < 4.78 is 6.79. The second-order valence-corrected chi connectivity index (χ2v) is 5.55. The number of halogens is 1. The molecule has 5 heteroatoms. The van der Waals surface area contributed by atoms with Gasteiger partial charge in [-0.15, -0.1) is 0 Å². The van der Waals surface area contributed by atoms with E-state index >= 15 is 0 Å². The Bertz CT molecular complexity index is 447. The lowest BCUT2D eigenvalue weighted by Crippen LogP contribution is -2.23. The van der Waals surface area contributed by atoms with Crippen molar-refractivity contribution in [3.8, 4) is 5.75 Å². The molecule has 2 N–H and O–H groups in total. The molecule has 0 heterocycles. The number of carbonyl (C=O) groups is 1. The Balaban J connectivity index is 2.74. The van der Waals surface area contributed by atoms with Gasteiger partial charge in [0.15, 0.2) is 0 Å². The fourth-order valence-corrected chi connectivity index (χ4v) is 2.43. The van der Waals surface area contributed by atoms with Crippen LogP contribution < -0.4 is 10.5 Å². The third kappa shape index (κ3) is 4.84. The van der Waals surface area contributed by atoms with Crippen LogP contribution >= 0.6 is 15.9 Å². The van der Waals surface area contributed by atoms with E-state index in [-0.39, 0.29) is 5.91 Å². The largest absolute Gasteiger partial charge is 0.492 e. The number of benzene rings is 1. The Kier molecular flexibility index (Phi) is 6.31. The second kappa shape index (κ2) is 7.50. The first-order valence-electron chi connectivity index (χ1n) is 6.27. The van der Waals surface area contributed by atoms with Gasteiger partial charge in [-0.05, 0) is 43.1 Å². The number of rotatable bonds is 6. The van der Waals surface area contributed by atoms with Crippen molar-refractivity contribution in [2.45, 2.75) is 19.8 Å². The number of carbonyl (C=O) groups excluding carboxylic acids is 1. The highest BCUT2D eigenvalue weighted by Gasteiger charge is 2.10. The molecule has 4 nitrogen and oxygen atoms in total. The van der Waals surface area contributed by atoms with Gasteiger partial charge in [0.05, 0.1) is 13.0 Å². The van der Waals surface area contributed by atoms with Gasteiger partial charge < -0.3 is 15.4 Å². The maximum atomic E-state index is 11.5. The summed E-state index contributed by atoms with van der Waals surface area (Å²) in [6, 6.07) is 4.02. The Hall–Kier alpha value is -1.07. The van der Waals surface area contributed by atoms with Crippen LogP contribution in [0, 0.1) is 6.92 Å². The van der Waals surface area contributed by atoms with Crippen LogP contribution in [0.4, 0.5) is 0 Å². The van der Waals surface area contributed by atoms with Crippen LogP contribution in [0.15, 0.2) is 16.6 Å². The van der Waals surface area contributed by atoms with E-state index in [1.54, 1.807) is 19.0 Å². The summed E-state index contributed by atoms with van der Waals surface area (Å²) in [6.45, 7) is 2.95. The number of ether oxygens (including phenoxy) is 1. The van der Waals surface area contributed by atoms with Crippen LogP contribution in [0.3, 0.4) is 0 Å². The van der Waals surface area contributed by atoms with Crippen LogP contribution in [-0.2, 0) is 11.2 Å². The first-order valence-corrected chi connectivity index (χ1v) is 7.07. The SMILES string of the molecule is Cc1cc(Br)cc(CCN)c1OCCC(=O)N(C)C. The Morgan fingerprint density at radius 2 is 2.11 bits per heavy atom. The standard InChI is InChI=1S/C14H21BrN2O2/c1-10-8-12(15)9-11(4-6-16)14(10)19-7-5-13(18)17(2)3/h8-9H,4-7,16H2,1-3H3. The van der Waals surface area contributed by atoms with Gasteiger partial charge >= 0.3 is 0 Å². The number of hydrogen-bond acceptors (Lipinski definition) is 3. The number of nitrogens with two attached hydrogens (primary N) is 1. The van der Waals surface area contributed by atoms with Crippen molar-refractivity contribution in [2.24, 2.45) is 5.73 Å². The van der Waals surface area contributed by atoms with Gasteiger partial charge in [-0.2, -0.15) is 0 Å². The monoisotopic (exact) mass is 328 g/mol. The third-order valence-corrected chi connectivity index (χ3v) is 3.25. The molecule has 0 aliphatic heterocycles. The third-order valence-electron chi connectivity index (χ3n) is 2.79. The Morgan fingerprint density at radius 1 is 1.42 bits per heavy atom. The predicted octanol–water partition coefficient (Wildman–Crippen LogP) is 2.12. The molecular weight excluding hydrogens is 308 g/mol. The molecule has 0 aliphatic rings. The lowest BCUT2D eigenvalue weighted by atomic mass is 10.1. The minimum atomic E-state index is 0.0649. The highest BCUT2D eigenvalue weighted by atomic mass is 79.9. The zero-order valence-electron chi connectivity index (χ0n) is 11.7. The van der Waals surface area contributed by atoms with E-state index in [4.69, 9.17) is 10.5 Å². The number of hydrogen-bond donors (Lipinski definition) is 1. The summed E-state index contributed by atoms with van der Waals surface area (Å²) in [6.07, 6.45) is 1.14.